The molecule has 1 saturated carbocycles. The van der Waals surface area contributed by atoms with Gasteiger partial charge in [0.15, 0.2) is 0 Å². The molecule has 0 saturated heterocycles. The van der Waals surface area contributed by atoms with Gasteiger partial charge in [-0.2, -0.15) is 0 Å². The average Bonchev–Trinajstić information content (AvgIpc) is 2.98. The number of rotatable bonds is 6. The molecule has 0 aromatic heterocycles. The van der Waals surface area contributed by atoms with E-state index in [1.165, 1.54) is 13.1 Å². The zero-order valence-electron chi connectivity index (χ0n) is 11.9. The summed E-state index contributed by atoms with van der Waals surface area (Å²) >= 11 is 0. The van der Waals surface area contributed by atoms with Gasteiger partial charge in [0.25, 0.3) is 0 Å². The molecular weight excluding hydrogens is 292 g/mol. The first-order valence-corrected chi connectivity index (χ1v) is 8.45. The zero-order valence-corrected chi connectivity index (χ0v) is 12.8. The minimum atomic E-state index is -3.62. The fourth-order valence-electron chi connectivity index (χ4n) is 2.80. The van der Waals surface area contributed by atoms with Gasteiger partial charge in [0, 0.05) is 6.04 Å². The molecule has 7 heteroatoms. The van der Waals surface area contributed by atoms with E-state index in [1.54, 1.807) is 23.1 Å². The van der Waals surface area contributed by atoms with Gasteiger partial charge < -0.3 is 10.0 Å². The summed E-state index contributed by atoms with van der Waals surface area (Å²) in [6.07, 6.45) is 3.87. The van der Waals surface area contributed by atoms with Crippen LogP contribution in [-0.2, 0) is 14.8 Å². The van der Waals surface area contributed by atoms with Gasteiger partial charge in [-0.25, -0.2) is 13.1 Å². The normalized spacial score (nSPS) is 16.0. The summed E-state index contributed by atoms with van der Waals surface area (Å²) in [4.78, 5) is 13.0. The number of carboxylic acid groups (broad SMARTS) is 1. The van der Waals surface area contributed by atoms with Crippen molar-refractivity contribution in [3.05, 3.63) is 24.3 Å². The highest BCUT2D eigenvalue weighted by atomic mass is 32.2. The minimum Gasteiger partial charge on any atom is -0.480 e. The SMILES string of the molecule is CNS(=O)(=O)c1ccccc1N(CC(=O)O)C1CCCC1. The molecule has 0 bridgehead atoms. The van der Waals surface area contributed by atoms with Crippen molar-refractivity contribution >= 4 is 21.7 Å². The van der Waals surface area contributed by atoms with Gasteiger partial charge in [0.05, 0.1) is 5.69 Å². The van der Waals surface area contributed by atoms with Gasteiger partial charge in [-0.3, -0.25) is 4.79 Å². The van der Waals surface area contributed by atoms with Crippen LogP contribution in [0.25, 0.3) is 0 Å². The summed E-state index contributed by atoms with van der Waals surface area (Å²) in [5.74, 6) is -0.960. The number of nitrogens with zero attached hydrogens (tertiary/aromatic N) is 1. The molecular formula is C14H20N2O4S. The molecule has 6 nitrogen and oxygen atoms in total. The van der Waals surface area contributed by atoms with E-state index in [0.717, 1.165) is 25.7 Å². The highest BCUT2D eigenvalue weighted by molar-refractivity contribution is 7.89. The van der Waals surface area contributed by atoms with Crippen LogP contribution in [0.1, 0.15) is 25.7 Å². The lowest BCUT2D eigenvalue weighted by Crippen LogP contribution is -2.39. The molecule has 0 heterocycles. The Hall–Kier alpha value is -1.60. The van der Waals surface area contributed by atoms with Crippen LogP contribution in [0.4, 0.5) is 5.69 Å². The van der Waals surface area contributed by atoms with E-state index >= 15 is 0 Å². The standard InChI is InChI=1S/C14H20N2O4S/c1-15-21(19,20)13-9-5-4-8-12(13)16(10-14(17)18)11-6-2-3-7-11/h4-5,8-9,11,15H,2-3,6-7,10H2,1H3,(H,17,18). The van der Waals surface area contributed by atoms with Crippen LogP contribution in [0.15, 0.2) is 29.2 Å². The van der Waals surface area contributed by atoms with Crippen LogP contribution in [0, 0.1) is 0 Å². The molecule has 116 valence electrons. The van der Waals surface area contributed by atoms with Crippen molar-refractivity contribution in [3.63, 3.8) is 0 Å². The maximum absolute atomic E-state index is 12.1. The van der Waals surface area contributed by atoms with Crippen molar-refractivity contribution in [1.82, 2.24) is 4.72 Å². The van der Waals surface area contributed by atoms with E-state index in [1.807, 2.05) is 0 Å². The fraction of sp³-hybridized carbons (Fsp3) is 0.500. The third kappa shape index (κ3) is 3.54. The molecule has 1 fully saturated rings. The van der Waals surface area contributed by atoms with Crippen molar-refractivity contribution in [1.29, 1.82) is 0 Å². The Morgan fingerprint density at radius 2 is 1.95 bits per heavy atom. The van der Waals surface area contributed by atoms with Gasteiger partial charge in [0.1, 0.15) is 11.4 Å². The van der Waals surface area contributed by atoms with E-state index in [9.17, 15) is 13.2 Å². The predicted octanol–water partition coefficient (Wildman–Crippen LogP) is 1.43. The molecule has 2 rings (SSSR count). The van der Waals surface area contributed by atoms with E-state index in [4.69, 9.17) is 5.11 Å². The first kappa shape index (κ1) is 15.8. The molecule has 0 radical (unpaired) electrons. The second kappa shape index (κ2) is 6.44. The number of sulfonamides is 1. The summed E-state index contributed by atoms with van der Waals surface area (Å²) in [5.41, 5.74) is 0.459. The highest BCUT2D eigenvalue weighted by Gasteiger charge is 2.28. The quantitative estimate of drug-likeness (QED) is 0.830. The van der Waals surface area contributed by atoms with Crippen LogP contribution in [0.3, 0.4) is 0 Å². The maximum Gasteiger partial charge on any atom is 0.323 e. The van der Waals surface area contributed by atoms with Crippen LogP contribution in [0.2, 0.25) is 0 Å². The van der Waals surface area contributed by atoms with Crippen LogP contribution in [-0.4, -0.2) is 39.1 Å². The van der Waals surface area contributed by atoms with Crippen molar-refractivity contribution < 1.29 is 18.3 Å². The zero-order chi connectivity index (χ0) is 15.5. The van der Waals surface area contributed by atoms with Gasteiger partial charge >= 0.3 is 5.97 Å². The fourth-order valence-corrected chi connectivity index (χ4v) is 3.74. The monoisotopic (exact) mass is 312 g/mol. The average molecular weight is 312 g/mol. The molecule has 2 N–H and O–H groups in total. The van der Waals surface area contributed by atoms with Crippen LogP contribution >= 0.6 is 0 Å². The number of anilines is 1. The summed E-state index contributed by atoms with van der Waals surface area (Å²) in [6.45, 7) is -0.194. The summed E-state index contributed by atoms with van der Waals surface area (Å²) in [5, 5.41) is 9.15. The maximum atomic E-state index is 12.1. The third-order valence-corrected chi connectivity index (χ3v) is 5.27. The Bertz CT molecular complexity index is 609. The Balaban J connectivity index is 2.47. The second-order valence-electron chi connectivity index (χ2n) is 5.14. The smallest absolute Gasteiger partial charge is 0.323 e. The first-order valence-electron chi connectivity index (χ1n) is 6.96. The Labute approximate surface area is 124 Å². The van der Waals surface area contributed by atoms with Crippen LogP contribution < -0.4 is 9.62 Å². The number of hydrogen-bond donors (Lipinski definition) is 2. The van der Waals surface area contributed by atoms with E-state index < -0.39 is 16.0 Å². The highest BCUT2D eigenvalue weighted by Crippen LogP contribution is 2.32. The predicted molar refractivity (Wildman–Crippen MR) is 79.9 cm³/mol. The number of carbonyl (C=O) groups is 1. The van der Waals surface area contributed by atoms with Gasteiger partial charge in [-0.1, -0.05) is 25.0 Å². The molecule has 1 aliphatic rings. The molecule has 1 aromatic rings. The largest absolute Gasteiger partial charge is 0.480 e. The summed E-state index contributed by atoms with van der Waals surface area (Å²) in [7, 11) is -2.27. The van der Waals surface area contributed by atoms with E-state index in [2.05, 4.69) is 4.72 Å². The lowest BCUT2D eigenvalue weighted by molar-refractivity contribution is -0.135. The Kier molecular flexibility index (Phi) is 4.84. The second-order valence-corrected chi connectivity index (χ2v) is 6.99. The number of benzene rings is 1. The van der Waals surface area contributed by atoms with Gasteiger partial charge in [0.2, 0.25) is 10.0 Å². The molecule has 1 aliphatic carbocycles. The van der Waals surface area contributed by atoms with Crippen molar-refractivity contribution in [3.8, 4) is 0 Å². The van der Waals surface area contributed by atoms with Crippen LogP contribution in [0.5, 0.6) is 0 Å². The van der Waals surface area contributed by atoms with Gasteiger partial charge in [-0.15, -0.1) is 0 Å². The van der Waals surface area contributed by atoms with E-state index in [-0.39, 0.29) is 17.5 Å². The molecule has 0 aliphatic heterocycles. The molecule has 0 atom stereocenters. The molecule has 0 spiro atoms. The Morgan fingerprint density at radius 1 is 1.33 bits per heavy atom. The van der Waals surface area contributed by atoms with Gasteiger partial charge in [-0.05, 0) is 32.0 Å². The number of aliphatic carboxylic acids is 1. The summed E-state index contributed by atoms with van der Waals surface area (Å²) in [6, 6.07) is 6.63. The minimum absolute atomic E-state index is 0.0781. The van der Waals surface area contributed by atoms with Crippen molar-refractivity contribution in [2.45, 2.75) is 36.6 Å². The van der Waals surface area contributed by atoms with Crippen molar-refractivity contribution in [2.24, 2.45) is 0 Å². The number of hydrogen-bond acceptors (Lipinski definition) is 4. The molecule has 21 heavy (non-hydrogen) atoms. The summed E-state index contributed by atoms with van der Waals surface area (Å²) < 4.78 is 26.6. The lowest BCUT2D eigenvalue weighted by Gasteiger charge is -2.31. The lowest BCUT2D eigenvalue weighted by atomic mass is 10.1. The topological polar surface area (TPSA) is 86.7 Å². The van der Waals surface area contributed by atoms with Crippen molar-refractivity contribution in [2.75, 3.05) is 18.5 Å². The molecule has 1 aromatic carbocycles. The van der Waals surface area contributed by atoms with E-state index in [0.29, 0.717) is 5.69 Å². The third-order valence-electron chi connectivity index (χ3n) is 3.80. The molecule has 0 unspecified atom stereocenters. The number of nitrogens with one attached hydrogen (secondary N) is 1. The number of para-hydroxylation sites is 1. The number of carboxylic acids is 1. The Morgan fingerprint density at radius 3 is 2.52 bits per heavy atom. The molecule has 0 amide bonds. The first-order chi connectivity index (χ1) is 9.95.